The number of ether oxygens (including phenoxy) is 6. The Kier molecular flexibility index (Phi) is 10.0. The van der Waals surface area contributed by atoms with Crippen LogP contribution in [0.25, 0.3) is 0 Å². The third-order valence-corrected chi connectivity index (χ3v) is 6.07. The first-order valence-electron chi connectivity index (χ1n) is 13.0. The van der Waals surface area contributed by atoms with Crippen molar-refractivity contribution < 1.29 is 52.4 Å². The summed E-state index contributed by atoms with van der Waals surface area (Å²) in [7, 11) is 0. The average Bonchev–Trinajstić information content (AvgIpc) is 2.99. The molecule has 0 aliphatic carbocycles. The third-order valence-electron chi connectivity index (χ3n) is 6.07. The lowest BCUT2D eigenvalue weighted by Gasteiger charge is -2.43. The van der Waals surface area contributed by atoms with Crippen LogP contribution in [-0.2, 0) is 38.0 Å². The second kappa shape index (κ2) is 14.0. The fourth-order valence-corrected chi connectivity index (χ4v) is 4.21. The number of rotatable bonds is 9. The van der Waals surface area contributed by atoms with E-state index in [9.17, 15) is 24.0 Å². The van der Waals surface area contributed by atoms with Crippen molar-refractivity contribution in [2.45, 2.75) is 44.6 Å². The minimum absolute atomic E-state index is 0.148. The van der Waals surface area contributed by atoms with Gasteiger partial charge in [-0.25, -0.2) is 14.4 Å². The molecule has 0 amide bonds. The summed E-state index contributed by atoms with van der Waals surface area (Å²) in [5.41, 5.74) is 0.555. The number of carbonyl (C=O) groups excluding carboxylic acids is 5. The van der Waals surface area contributed by atoms with Gasteiger partial charge in [-0.2, -0.15) is 0 Å². The van der Waals surface area contributed by atoms with Crippen molar-refractivity contribution in [3.8, 4) is 0 Å². The molecule has 218 valence electrons. The first kappa shape index (κ1) is 29.9. The second-order valence-electron chi connectivity index (χ2n) is 9.16. The van der Waals surface area contributed by atoms with Gasteiger partial charge in [-0.05, 0) is 36.4 Å². The highest BCUT2D eigenvalue weighted by atomic mass is 16.7. The van der Waals surface area contributed by atoms with E-state index < -0.39 is 67.2 Å². The van der Waals surface area contributed by atoms with Crippen molar-refractivity contribution in [1.82, 2.24) is 0 Å². The van der Waals surface area contributed by atoms with Gasteiger partial charge in [0.15, 0.2) is 12.2 Å². The predicted octanol–water partition coefficient (Wildman–Crippen LogP) is 3.51. The molecule has 3 aromatic rings. The van der Waals surface area contributed by atoms with Crippen LogP contribution in [0, 0.1) is 0 Å². The summed E-state index contributed by atoms with van der Waals surface area (Å²) < 4.78 is 33.6. The molecule has 0 N–H and O–H groups in total. The van der Waals surface area contributed by atoms with E-state index in [1.807, 2.05) is 0 Å². The number of carbonyl (C=O) groups is 5. The lowest BCUT2D eigenvalue weighted by molar-refractivity contribution is -0.293. The number of esters is 5. The molecule has 3 aromatic carbocycles. The number of hydrogen-bond acceptors (Lipinski definition) is 11. The largest absolute Gasteiger partial charge is 0.459 e. The molecule has 0 saturated carbocycles. The van der Waals surface area contributed by atoms with Crippen LogP contribution in [0.5, 0.6) is 0 Å². The average molecular weight is 577 g/mol. The topological polar surface area (TPSA) is 141 Å². The van der Waals surface area contributed by atoms with Gasteiger partial charge in [-0.3, -0.25) is 9.59 Å². The van der Waals surface area contributed by atoms with Crippen molar-refractivity contribution in [3.63, 3.8) is 0 Å². The van der Waals surface area contributed by atoms with Gasteiger partial charge in [0.25, 0.3) is 0 Å². The molecule has 42 heavy (non-hydrogen) atoms. The SMILES string of the molecule is CC(=O)O[C@H]1O[C@H](COC(=O)c2ccccc2)[C@@H](OC(=O)c2ccccc2)[C@H](OC(=O)c2ccccc2)[C@H]1OC(C)=O. The number of hydrogen-bond donors (Lipinski definition) is 0. The summed E-state index contributed by atoms with van der Waals surface area (Å²) in [6.07, 6.45) is -7.51. The first-order chi connectivity index (χ1) is 20.2. The van der Waals surface area contributed by atoms with Crippen molar-refractivity contribution in [2.75, 3.05) is 6.61 Å². The maximum Gasteiger partial charge on any atom is 0.338 e. The highest BCUT2D eigenvalue weighted by Gasteiger charge is 2.54. The van der Waals surface area contributed by atoms with Crippen LogP contribution in [-0.4, -0.2) is 67.2 Å². The van der Waals surface area contributed by atoms with Crippen LogP contribution in [0.15, 0.2) is 91.0 Å². The van der Waals surface area contributed by atoms with Crippen molar-refractivity contribution >= 4 is 29.8 Å². The Morgan fingerprint density at radius 2 is 0.976 bits per heavy atom. The van der Waals surface area contributed by atoms with E-state index in [4.69, 9.17) is 28.4 Å². The molecule has 1 aliphatic rings. The van der Waals surface area contributed by atoms with Gasteiger partial charge in [0, 0.05) is 13.8 Å². The van der Waals surface area contributed by atoms with Crippen LogP contribution in [0.1, 0.15) is 44.9 Å². The van der Waals surface area contributed by atoms with E-state index in [2.05, 4.69) is 0 Å². The van der Waals surface area contributed by atoms with E-state index >= 15 is 0 Å². The summed E-state index contributed by atoms with van der Waals surface area (Å²) in [4.78, 5) is 63.2. The predicted molar refractivity (Wildman–Crippen MR) is 144 cm³/mol. The van der Waals surface area contributed by atoms with Crippen LogP contribution in [0.2, 0.25) is 0 Å². The Bertz CT molecular complexity index is 1390. The van der Waals surface area contributed by atoms with Gasteiger partial charge >= 0.3 is 29.8 Å². The molecule has 0 radical (unpaired) electrons. The Morgan fingerprint density at radius 3 is 1.43 bits per heavy atom. The molecule has 0 unspecified atom stereocenters. The van der Waals surface area contributed by atoms with Crippen molar-refractivity contribution in [1.29, 1.82) is 0 Å². The van der Waals surface area contributed by atoms with E-state index in [1.54, 1.807) is 66.7 Å². The molecular formula is C31H28O11. The van der Waals surface area contributed by atoms with Crippen molar-refractivity contribution in [3.05, 3.63) is 108 Å². The normalized spacial score (nSPS) is 21.3. The van der Waals surface area contributed by atoms with E-state index in [0.29, 0.717) is 0 Å². The zero-order valence-electron chi connectivity index (χ0n) is 22.7. The highest BCUT2D eigenvalue weighted by Crippen LogP contribution is 2.31. The van der Waals surface area contributed by atoms with Crippen LogP contribution in [0.4, 0.5) is 0 Å². The summed E-state index contributed by atoms with van der Waals surface area (Å²) in [5.74, 6) is -4.00. The third kappa shape index (κ3) is 7.79. The lowest BCUT2D eigenvalue weighted by atomic mass is 9.97. The Morgan fingerprint density at radius 1 is 0.548 bits per heavy atom. The van der Waals surface area contributed by atoms with Gasteiger partial charge in [0.05, 0.1) is 16.7 Å². The maximum absolute atomic E-state index is 13.2. The zero-order chi connectivity index (χ0) is 30.1. The lowest BCUT2D eigenvalue weighted by Crippen LogP contribution is -2.63. The van der Waals surface area contributed by atoms with Gasteiger partial charge in [0.1, 0.15) is 12.7 Å². The molecule has 1 heterocycles. The van der Waals surface area contributed by atoms with Gasteiger partial charge in [0.2, 0.25) is 12.4 Å². The molecule has 1 fully saturated rings. The fraction of sp³-hybridized carbons (Fsp3) is 0.258. The van der Waals surface area contributed by atoms with Gasteiger partial charge < -0.3 is 28.4 Å². The minimum atomic E-state index is -1.60. The summed E-state index contributed by atoms with van der Waals surface area (Å²) in [6.45, 7) is 1.69. The number of benzene rings is 3. The Hall–Kier alpha value is -5.03. The smallest absolute Gasteiger partial charge is 0.338 e. The molecule has 11 heteroatoms. The van der Waals surface area contributed by atoms with E-state index in [0.717, 1.165) is 13.8 Å². The minimum Gasteiger partial charge on any atom is -0.459 e. The highest BCUT2D eigenvalue weighted by molar-refractivity contribution is 5.91. The van der Waals surface area contributed by atoms with E-state index in [1.165, 1.54) is 24.3 Å². The summed E-state index contributed by atoms with van der Waals surface area (Å²) in [5, 5.41) is 0. The standard InChI is InChI=1S/C31H28O11/c1-19(32)38-27-26(42-30(36)23-16-10-5-11-17-23)25(41-29(35)22-14-8-4-9-15-22)24(40-31(27)39-20(2)33)18-37-28(34)21-12-6-3-7-13-21/h3-17,24-27,31H,18H2,1-2H3/t24-,25-,26+,27-,31+/m1/s1. The monoisotopic (exact) mass is 576 g/mol. The Balaban J connectivity index is 1.71. The molecule has 4 rings (SSSR count). The van der Waals surface area contributed by atoms with Crippen LogP contribution in [0.3, 0.4) is 0 Å². The molecule has 11 nitrogen and oxygen atoms in total. The molecule has 0 aromatic heterocycles. The Labute approximate surface area is 241 Å². The van der Waals surface area contributed by atoms with E-state index in [-0.39, 0.29) is 16.7 Å². The summed E-state index contributed by atoms with van der Waals surface area (Å²) in [6, 6.07) is 24.0. The van der Waals surface area contributed by atoms with Gasteiger partial charge in [-0.1, -0.05) is 54.6 Å². The molecule has 0 spiro atoms. The zero-order valence-corrected chi connectivity index (χ0v) is 22.7. The fourth-order valence-electron chi connectivity index (χ4n) is 4.21. The quantitative estimate of drug-likeness (QED) is 0.273. The van der Waals surface area contributed by atoms with Crippen LogP contribution >= 0.6 is 0 Å². The molecule has 1 saturated heterocycles. The summed E-state index contributed by atoms with van der Waals surface area (Å²) >= 11 is 0. The molecule has 1 aliphatic heterocycles. The maximum atomic E-state index is 13.2. The molecular weight excluding hydrogens is 548 g/mol. The first-order valence-corrected chi connectivity index (χ1v) is 13.0. The van der Waals surface area contributed by atoms with Gasteiger partial charge in [-0.15, -0.1) is 0 Å². The second-order valence-corrected chi connectivity index (χ2v) is 9.16. The van der Waals surface area contributed by atoms with Crippen molar-refractivity contribution in [2.24, 2.45) is 0 Å². The van der Waals surface area contributed by atoms with Crippen LogP contribution < -0.4 is 0 Å². The molecule has 0 bridgehead atoms. The molecule has 5 atom stereocenters.